The molecule has 2 aromatic heterocycles. The number of nitrogens with one attached hydrogen (secondary N) is 1. The van der Waals surface area contributed by atoms with Crippen molar-refractivity contribution in [2.45, 2.75) is 19.1 Å². The number of nitrogens with zero attached hydrogens (tertiary/aromatic N) is 3. The number of aromatic amines is 1. The molecule has 0 saturated carbocycles. The van der Waals surface area contributed by atoms with Crippen LogP contribution in [-0.2, 0) is 4.74 Å². The lowest BCUT2D eigenvalue weighted by Crippen LogP contribution is -2.28. The number of rotatable bonds is 6. The van der Waals surface area contributed by atoms with Gasteiger partial charge in [-0.05, 0) is 25.1 Å². The molecule has 0 radical (unpaired) electrons. The third-order valence-electron chi connectivity index (χ3n) is 3.63. The monoisotopic (exact) mass is 310 g/mol. The number of imidazole rings is 1. The van der Waals surface area contributed by atoms with Crippen molar-refractivity contribution in [2.24, 2.45) is 0 Å². The maximum Gasteiger partial charge on any atom is 0.181 e. The molecule has 0 aliphatic carbocycles. The van der Waals surface area contributed by atoms with Crippen LogP contribution in [0.1, 0.15) is 6.92 Å². The third-order valence-corrected chi connectivity index (χ3v) is 3.63. The number of methoxy groups -OCH3 is 1. The molecule has 0 aliphatic rings. The van der Waals surface area contributed by atoms with Crippen molar-refractivity contribution in [2.75, 3.05) is 7.11 Å². The second-order valence-corrected chi connectivity index (χ2v) is 5.10. The molecule has 2 heterocycles. The predicted octanol–water partition coefficient (Wildman–Crippen LogP) is 2.99. The first kappa shape index (κ1) is 15.2. The first-order valence-corrected chi connectivity index (χ1v) is 7.30. The minimum atomic E-state index is -0.259. The van der Waals surface area contributed by atoms with Gasteiger partial charge in [-0.15, -0.1) is 0 Å². The zero-order valence-electron chi connectivity index (χ0n) is 13.1. The van der Waals surface area contributed by atoms with Crippen LogP contribution in [0.3, 0.4) is 0 Å². The molecule has 2 atom stereocenters. The van der Waals surface area contributed by atoms with Crippen LogP contribution in [0.25, 0.3) is 22.6 Å². The Labute approximate surface area is 134 Å². The minimum absolute atomic E-state index is 0.109. The first-order valence-electron chi connectivity index (χ1n) is 7.30. The van der Waals surface area contributed by atoms with E-state index in [1.807, 2.05) is 31.2 Å². The average molecular weight is 310 g/mol. The zero-order chi connectivity index (χ0) is 16.2. The average Bonchev–Trinajstić information content (AvgIpc) is 3.03. The maximum atomic E-state index is 6.06. The molecule has 2 unspecified atom stereocenters. The van der Waals surface area contributed by atoms with E-state index in [0.717, 1.165) is 11.1 Å². The minimum Gasteiger partial charge on any atom is -0.483 e. The fraction of sp³-hybridized carbons (Fsp3) is 0.235. The standard InChI is InChI=1S/C17H18N4O2/c1-4-14(11(2)22-3)23-15-8-6-5-7-12(15)16-20-13-9-18-10-19-17(13)21-16/h4-11,14H,1H2,2-3H3,(H,18,19,20,21). The zero-order valence-corrected chi connectivity index (χ0v) is 13.1. The lowest BCUT2D eigenvalue weighted by molar-refractivity contribution is 0.0372. The number of para-hydroxylation sites is 1. The molecule has 1 N–H and O–H groups in total. The number of benzene rings is 1. The van der Waals surface area contributed by atoms with Crippen molar-refractivity contribution in [3.05, 3.63) is 49.4 Å². The molecule has 3 aromatic rings. The summed E-state index contributed by atoms with van der Waals surface area (Å²) in [4.78, 5) is 15.9. The van der Waals surface area contributed by atoms with E-state index in [2.05, 4.69) is 26.5 Å². The molecular weight excluding hydrogens is 292 g/mol. The number of hydrogen-bond donors (Lipinski definition) is 1. The Morgan fingerprint density at radius 2 is 2.13 bits per heavy atom. The second-order valence-electron chi connectivity index (χ2n) is 5.10. The molecule has 1 aromatic carbocycles. The van der Waals surface area contributed by atoms with Crippen molar-refractivity contribution in [3.8, 4) is 17.1 Å². The SMILES string of the molecule is C=CC(Oc1ccccc1-c1nc2ncncc2[nH]1)C(C)OC. The van der Waals surface area contributed by atoms with E-state index in [1.165, 1.54) is 6.33 Å². The number of H-pyrrole nitrogens is 1. The first-order chi connectivity index (χ1) is 11.2. The molecule has 6 heteroatoms. The van der Waals surface area contributed by atoms with Gasteiger partial charge in [-0.2, -0.15) is 0 Å². The highest BCUT2D eigenvalue weighted by molar-refractivity contribution is 5.76. The molecule has 6 nitrogen and oxygen atoms in total. The van der Waals surface area contributed by atoms with Gasteiger partial charge in [0.05, 0.1) is 17.9 Å². The molecule has 0 bridgehead atoms. The van der Waals surface area contributed by atoms with Crippen LogP contribution in [-0.4, -0.2) is 39.3 Å². The summed E-state index contributed by atoms with van der Waals surface area (Å²) in [5, 5.41) is 0. The highest BCUT2D eigenvalue weighted by Crippen LogP contribution is 2.30. The highest BCUT2D eigenvalue weighted by Gasteiger charge is 2.18. The molecule has 3 rings (SSSR count). The highest BCUT2D eigenvalue weighted by atomic mass is 16.5. The van der Waals surface area contributed by atoms with Crippen LogP contribution in [0.15, 0.2) is 49.4 Å². The molecule has 23 heavy (non-hydrogen) atoms. The Morgan fingerprint density at radius 3 is 2.87 bits per heavy atom. The molecule has 0 aliphatic heterocycles. The normalized spacial score (nSPS) is 13.7. The molecule has 0 spiro atoms. The van der Waals surface area contributed by atoms with Gasteiger partial charge >= 0.3 is 0 Å². The van der Waals surface area contributed by atoms with Crippen LogP contribution in [0, 0.1) is 0 Å². The molecule has 0 saturated heterocycles. The summed E-state index contributed by atoms with van der Waals surface area (Å²) < 4.78 is 11.4. The number of ether oxygens (including phenoxy) is 2. The Balaban J connectivity index is 1.98. The smallest absolute Gasteiger partial charge is 0.181 e. The fourth-order valence-corrected chi connectivity index (χ4v) is 2.27. The van der Waals surface area contributed by atoms with Crippen molar-refractivity contribution in [3.63, 3.8) is 0 Å². The van der Waals surface area contributed by atoms with Gasteiger partial charge in [-0.25, -0.2) is 15.0 Å². The van der Waals surface area contributed by atoms with E-state index in [-0.39, 0.29) is 12.2 Å². The number of fused-ring (bicyclic) bond motifs is 1. The van der Waals surface area contributed by atoms with Crippen LogP contribution in [0.2, 0.25) is 0 Å². The lowest BCUT2D eigenvalue weighted by Gasteiger charge is -2.22. The van der Waals surface area contributed by atoms with Gasteiger partial charge in [0.2, 0.25) is 0 Å². The third kappa shape index (κ3) is 3.07. The summed E-state index contributed by atoms with van der Waals surface area (Å²) in [6.45, 7) is 5.75. The topological polar surface area (TPSA) is 72.9 Å². The summed E-state index contributed by atoms with van der Waals surface area (Å²) in [7, 11) is 1.65. The van der Waals surface area contributed by atoms with Crippen LogP contribution in [0.4, 0.5) is 0 Å². The largest absolute Gasteiger partial charge is 0.483 e. The van der Waals surface area contributed by atoms with Gasteiger partial charge < -0.3 is 14.5 Å². The fourth-order valence-electron chi connectivity index (χ4n) is 2.27. The van der Waals surface area contributed by atoms with Crippen LogP contribution >= 0.6 is 0 Å². The second kappa shape index (κ2) is 6.58. The number of hydrogen-bond acceptors (Lipinski definition) is 5. The van der Waals surface area contributed by atoms with Gasteiger partial charge in [0.15, 0.2) is 5.65 Å². The van der Waals surface area contributed by atoms with Crippen molar-refractivity contribution in [1.82, 2.24) is 19.9 Å². The summed E-state index contributed by atoms with van der Waals surface area (Å²) in [5.74, 6) is 1.39. The maximum absolute atomic E-state index is 6.06. The summed E-state index contributed by atoms with van der Waals surface area (Å²) >= 11 is 0. The van der Waals surface area contributed by atoms with E-state index in [0.29, 0.717) is 17.2 Å². The van der Waals surface area contributed by atoms with Gasteiger partial charge in [-0.3, -0.25) is 0 Å². The van der Waals surface area contributed by atoms with E-state index < -0.39 is 0 Å². The lowest BCUT2D eigenvalue weighted by atomic mass is 10.1. The van der Waals surface area contributed by atoms with Gasteiger partial charge in [0.1, 0.15) is 29.5 Å². The van der Waals surface area contributed by atoms with Crippen LogP contribution < -0.4 is 4.74 Å². The van der Waals surface area contributed by atoms with Gasteiger partial charge in [0.25, 0.3) is 0 Å². The van der Waals surface area contributed by atoms with Crippen molar-refractivity contribution in [1.29, 1.82) is 0 Å². The molecule has 0 fully saturated rings. The Hall–Kier alpha value is -2.73. The van der Waals surface area contributed by atoms with E-state index in [1.54, 1.807) is 19.4 Å². The number of aromatic nitrogens is 4. The Morgan fingerprint density at radius 1 is 1.30 bits per heavy atom. The molecule has 118 valence electrons. The Bertz CT molecular complexity index is 782. The van der Waals surface area contributed by atoms with E-state index >= 15 is 0 Å². The summed E-state index contributed by atoms with van der Waals surface area (Å²) in [6.07, 6.45) is 4.53. The molecular formula is C17H18N4O2. The van der Waals surface area contributed by atoms with Gasteiger partial charge in [0, 0.05) is 7.11 Å². The summed E-state index contributed by atoms with van der Waals surface area (Å²) in [6, 6.07) is 7.69. The molecule has 0 amide bonds. The van der Waals surface area contributed by atoms with Gasteiger partial charge in [-0.1, -0.05) is 18.7 Å². The summed E-state index contributed by atoms with van der Waals surface area (Å²) in [5.41, 5.74) is 2.25. The quantitative estimate of drug-likeness (QED) is 0.709. The van der Waals surface area contributed by atoms with E-state index in [9.17, 15) is 0 Å². The van der Waals surface area contributed by atoms with Crippen molar-refractivity contribution < 1.29 is 9.47 Å². The van der Waals surface area contributed by atoms with Crippen molar-refractivity contribution >= 4 is 11.2 Å². The van der Waals surface area contributed by atoms with Crippen LogP contribution in [0.5, 0.6) is 5.75 Å². The predicted molar refractivity (Wildman–Crippen MR) is 88.2 cm³/mol. The van der Waals surface area contributed by atoms with E-state index in [4.69, 9.17) is 9.47 Å². The Kier molecular flexibility index (Phi) is 4.34.